The fraction of sp³-hybridized carbons (Fsp3) is 0.436. The number of aromatic nitrogens is 17. The molecule has 0 aromatic carbocycles. The second-order valence-electron chi connectivity index (χ2n) is 10.8. The van der Waals surface area contributed by atoms with Crippen molar-refractivity contribution in [2.75, 3.05) is 0 Å². The molecule has 8 heterocycles. The Bertz CT molecular complexity index is 1550. The molecule has 0 spiro atoms. The van der Waals surface area contributed by atoms with Crippen molar-refractivity contribution in [2.24, 2.45) is 0 Å². The van der Waals surface area contributed by atoms with Gasteiger partial charge in [0.2, 0.25) is 0 Å². The summed E-state index contributed by atoms with van der Waals surface area (Å²) in [7, 11) is 0. The number of aryl methyl sites for hydroxylation is 8. The number of pyridine rings is 1. The van der Waals surface area contributed by atoms with Crippen molar-refractivity contribution < 1.29 is 0 Å². The van der Waals surface area contributed by atoms with E-state index in [9.17, 15) is 0 Å². The van der Waals surface area contributed by atoms with E-state index in [-0.39, 0.29) is 0 Å². The van der Waals surface area contributed by atoms with Gasteiger partial charge in [0.25, 0.3) is 0 Å². The fourth-order valence-corrected chi connectivity index (χ4v) is 2.89. The van der Waals surface area contributed by atoms with Gasteiger partial charge in [0.05, 0.1) is 30.0 Å². The van der Waals surface area contributed by atoms with Crippen molar-refractivity contribution in [1.29, 1.82) is 0 Å². The lowest BCUT2D eigenvalue weighted by Crippen LogP contribution is -1.85. The van der Waals surface area contributed by atoms with Gasteiger partial charge < -0.3 is 0 Å². The summed E-state index contributed by atoms with van der Waals surface area (Å²) in [6, 6.07) is 9.51. The van der Waals surface area contributed by atoms with Crippen LogP contribution in [0.15, 0.2) is 142 Å². The van der Waals surface area contributed by atoms with E-state index < -0.39 is 0 Å². The molecule has 0 aliphatic carbocycles. The number of hydrogen-bond donors (Lipinski definition) is 0. The van der Waals surface area contributed by atoms with Crippen molar-refractivity contribution >= 4 is 0 Å². The third-order valence-electron chi connectivity index (χ3n) is 5.58. The van der Waals surface area contributed by atoms with Crippen molar-refractivity contribution in [3.63, 3.8) is 0 Å². The Labute approximate surface area is 437 Å². The molecule has 0 N–H and O–H groups in total. The summed E-state index contributed by atoms with van der Waals surface area (Å²) in [6.45, 7) is 47.3. The first-order chi connectivity index (χ1) is 35.2. The van der Waals surface area contributed by atoms with E-state index in [1.165, 1.54) is 24.5 Å². The van der Waals surface area contributed by atoms with Crippen LogP contribution in [0.4, 0.5) is 0 Å². The average Bonchev–Trinajstić information content (AvgIpc) is 3.46. The van der Waals surface area contributed by atoms with Gasteiger partial charge in [-0.1, -0.05) is 111 Å². The number of hydrogen-bond acceptors (Lipinski definition) is 17. The summed E-state index contributed by atoms with van der Waals surface area (Å²) in [5.41, 5.74) is 6.33. The molecule has 72 heavy (non-hydrogen) atoms. The summed E-state index contributed by atoms with van der Waals surface area (Å²) in [5.74, 6) is 1.53. The summed E-state index contributed by atoms with van der Waals surface area (Å²) in [5, 5.41) is 21.6. The highest BCUT2D eigenvalue weighted by atomic mass is 15.1. The van der Waals surface area contributed by atoms with Gasteiger partial charge in [-0.25, -0.2) is 39.9 Å². The molecule has 0 bridgehead atoms. The van der Waals surface area contributed by atoms with E-state index in [2.05, 4.69) is 85.4 Å². The maximum absolute atomic E-state index is 3.92. The summed E-state index contributed by atoms with van der Waals surface area (Å²) in [4.78, 5) is 42.0. The molecule has 0 aliphatic heterocycles. The van der Waals surface area contributed by atoms with Gasteiger partial charge in [-0.3, -0.25) is 15.0 Å². The van der Waals surface area contributed by atoms with Gasteiger partial charge in [0.1, 0.15) is 30.6 Å². The van der Waals surface area contributed by atoms with E-state index in [0.717, 1.165) is 34.0 Å². The lowest BCUT2D eigenvalue weighted by atomic mass is 10.3. The topological polar surface area (TPSA) is 219 Å². The predicted octanol–water partition coefficient (Wildman–Crippen LogP) is 13.9. The van der Waals surface area contributed by atoms with Crippen LogP contribution >= 0.6 is 0 Å². The highest BCUT2D eigenvalue weighted by molar-refractivity contribution is 5.05. The summed E-state index contributed by atoms with van der Waals surface area (Å²) in [6.07, 6.45) is 30.0. The second-order valence-corrected chi connectivity index (χ2v) is 10.8. The Hall–Kier alpha value is -7.43. The molecule has 0 aliphatic rings. The van der Waals surface area contributed by atoms with Crippen molar-refractivity contribution in [2.45, 2.75) is 166 Å². The van der Waals surface area contributed by atoms with Gasteiger partial charge in [-0.05, 0) is 102 Å². The Morgan fingerprint density at radius 3 is 0.972 bits per heavy atom. The first kappa shape index (κ1) is 81.5. The van der Waals surface area contributed by atoms with Gasteiger partial charge in [-0.15, -0.1) is 10.2 Å². The van der Waals surface area contributed by atoms with Crippen molar-refractivity contribution in [1.82, 2.24) is 85.4 Å². The summed E-state index contributed by atoms with van der Waals surface area (Å²) >= 11 is 0. The fourth-order valence-electron chi connectivity index (χ4n) is 2.89. The predicted molar refractivity (Wildman–Crippen MR) is 303 cm³/mol. The van der Waals surface area contributed by atoms with E-state index in [0.29, 0.717) is 5.82 Å². The Balaban J connectivity index is -0.000000104. The van der Waals surface area contributed by atoms with Gasteiger partial charge in [0.15, 0.2) is 0 Å². The van der Waals surface area contributed by atoms with E-state index in [4.69, 9.17) is 0 Å². The molecule has 400 valence electrons. The molecule has 0 saturated carbocycles. The molecule has 0 unspecified atom stereocenters. The van der Waals surface area contributed by atoms with Crippen LogP contribution in [-0.4, -0.2) is 85.4 Å². The Kier molecular flexibility index (Phi) is 88.1. The molecule has 17 heteroatoms. The quantitative estimate of drug-likeness (QED) is 0.138. The minimum Gasteiger partial charge on any atom is -0.265 e. The number of rotatable bonds is 0. The second kappa shape index (κ2) is 77.8. The van der Waals surface area contributed by atoms with E-state index in [1.54, 1.807) is 106 Å². The van der Waals surface area contributed by atoms with Crippen LogP contribution in [0.2, 0.25) is 0 Å². The lowest BCUT2D eigenvalue weighted by molar-refractivity contribution is 0.907. The maximum Gasteiger partial charge on any atom is 0.147 e. The zero-order chi connectivity index (χ0) is 56.9. The third-order valence-corrected chi connectivity index (χ3v) is 5.58. The molecule has 0 amide bonds. The lowest BCUT2D eigenvalue weighted by Gasteiger charge is -1.82. The normalized spacial score (nSPS) is 7.44. The molecular weight excluding hydrogens is 899 g/mol. The van der Waals surface area contributed by atoms with Crippen LogP contribution in [0.3, 0.4) is 0 Å². The molecule has 0 saturated heterocycles. The molecule has 0 atom stereocenters. The van der Waals surface area contributed by atoms with E-state index >= 15 is 0 Å². The monoisotopic (exact) mass is 994 g/mol. The molecule has 17 nitrogen and oxygen atoms in total. The molecule has 8 rings (SSSR count). The third kappa shape index (κ3) is 74.1. The first-order valence-electron chi connectivity index (χ1n) is 24.9. The summed E-state index contributed by atoms with van der Waals surface area (Å²) < 4.78 is 0. The van der Waals surface area contributed by atoms with Crippen LogP contribution in [0.25, 0.3) is 0 Å². The van der Waals surface area contributed by atoms with Crippen LogP contribution < -0.4 is 0 Å². The van der Waals surface area contributed by atoms with Crippen molar-refractivity contribution in [3.8, 4) is 0 Å². The average molecular weight is 994 g/mol. The Morgan fingerprint density at radius 1 is 0.250 bits per heavy atom. The van der Waals surface area contributed by atoms with Crippen LogP contribution in [0.5, 0.6) is 0 Å². The zero-order valence-electron chi connectivity index (χ0n) is 48.9. The van der Waals surface area contributed by atoms with Crippen molar-refractivity contribution in [3.05, 3.63) is 188 Å². The minimum absolute atomic E-state index is 0.711. The van der Waals surface area contributed by atoms with Gasteiger partial charge in [0, 0.05) is 80.1 Å². The number of nitrogens with zero attached hydrogens (tertiary/aromatic N) is 17. The SMILES string of the molecule is CC.CC.CC.CC.CC.CC.CC.CC.Cc1ccncc1.Cc1ccncn1.Cc1ccnnc1.Cc1cnccn1.Cc1cncnc1.Cc1cncnn1.Cc1ncccn1.Cc1nccnn1. The van der Waals surface area contributed by atoms with Gasteiger partial charge in [-0.2, -0.15) is 20.4 Å². The highest BCUT2D eigenvalue weighted by Crippen LogP contribution is 1.89. The first-order valence-corrected chi connectivity index (χ1v) is 24.9. The van der Waals surface area contributed by atoms with Crippen LogP contribution in [0, 0.1) is 55.4 Å². The standard InChI is InChI=1S/C6H7N.5C5H6N2.2C4H5N3.8C2H6/c1-6-2-4-7-5-3-6;1-5-2-6-4-7-3-5;1-5-4-6-2-3-7-5;1-5-2-3-6-4-7-5;1-5-2-3-6-7-4-5;1-5-6-3-2-4-7-5;1-4-2-5-3-6-7-4;1-4-5-2-3-6-7-4;8*1-2/h2-5H,1H3;5*2-4H,1H3;2*2-3H,1H3;8*1-2H3. The van der Waals surface area contributed by atoms with Gasteiger partial charge >= 0.3 is 0 Å². The van der Waals surface area contributed by atoms with Crippen LogP contribution in [-0.2, 0) is 0 Å². The highest BCUT2D eigenvalue weighted by Gasteiger charge is 1.79. The molecule has 0 radical (unpaired) electrons. The van der Waals surface area contributed by atoms with Crippen LogP contribution in [0.1, 0.15) is 156 Å². The zero-order valence-corrected chi connectivity index (χ0v) is 48.9. The smallest absolute Gasteiger partial charge is 0.147 e. The largest absolute Gasteiger partial charge is 0.265 e. The molecule has 0 fully saturated rings. The Morgan fingerprint density at radius 2 is 0.750 bits per heavy atom. The maximum atomic E-state index is 3.92. The molecule has 8 aromatic rings. The molecular formula is C55H95N17. The minimum atomic E-state index is 0.711. The van der Waals surface area contributed by atoms with E-state index in [1.807, 2.05) is 184 Å². The molecule has 8 aromatic heterocycles.